The van der Waals surface area contributed by atoms with Gasteiger partial charge in [0.15, 0.2) is 0 Å². The van der Waals surface area contributed by atoms with E-state index in [1.807, 2.05) is 0 Å². The lowest BCUT2D eigenvalue weighted by Gasteiger charge is -2.10. The van der Waals surface area contributed by atoms with Gasteiger partial charge in [0.25, 0.3) is 11.6 Å². The van der Waals surface area contributed by atoms with E-state index < -0.39 is 10.8 Å². The van der Waals surface area contributed by atoms with E-state index in [0.29, 0.717) is 17.2 Å². The molecule has 0 saturated heterocycles. The van der Waals surface area contributed by atoms with Crippen molar-refractivity contribution in [2.45, 2.75) is 0 Å². The molecule has 2 aromatic carbocycles. The van der Waals surface area contributed by atoms with Gasteiger partial charge in [-0.05, 0) is 12.1 Å². The van der Waals surface area contributed by atoms with Crippen LogP contribution in [0, 0.1) is 10.1 Å². The Balaban J connectivity index is 2.29. The zero-order valence-electron chi connectivity index (χ0n) is 12.3. The quantitative estimate of drug-likeness (QED) is 0.666. The number of ether oxygens (including phenoxy) is 2. The van der Waals surface area contributed by atoms with Crippen molar-refractivity contribution in [1.29, 1.82) is 0 Å². The summed E-state index contributed by atoms with van der Waals surface area (Å²) in [6.07, 6.45) is 0. The smallest absolute Gasteiger partial charge is 0.288 e. The number of rotatable bonds is 5. The molecule has 0 unspecified atom stereocenters. The number of hydrogen-bond acceptors (Lipinski definition) is 5. The Morgan fingerprint density at radius 2 is 1.74 bits per heavy atom. The number of nitro groups is 1. The molecule has 0 bridgehead atoms. The number of carbonyl (C=O) groups is 1. The fourth-order valence-electron chi connectivity index (χ4n) is 1.88. The highest BCUT2D eigenvalue weighted by Crippen LogP contribution is 2.28. The number of amides is 1. The molecular formula is C15H13ClN2O5. The molecular weight excluding hydrogens is 324 g/mol. The highest BCUT2D eigenvalue weighted by atomic mass is 35.5. The van der Waals surface area contributed by atoms with Crippen LogP contribution in [-0.2, 0) is 0 Å². The molecule has 0 saturated carbocycles. The van der Waals surface area contributed by atoms with Crippen molar-refractivity contribution in [2.24, 2.45) is 0 Å². The Hall–Kier alpha value is -2.80. The van der Waals surface area contributed by atoms with Crippen molar-refractivity contribution < 1.29 is 19.2 Å². The van der Waals surface area contributed by atoms with Crippen LogP contribution in [0.5, 0.6) is 11.5 Å². The van der Waals surface area contributed by atoms with Crippen molar-refractivity contribution in [1.82, 2.24) is 0 Å². The first kappa shape index (κ1) is 16.6. The number of halogens is 1. The minimum Gasteiger partial charge on any atom is -0.497 e. The molecule has 120 valence electrons. The first-order chi connectivity index (χ1) is 10.9. The van der Waals surface area contributed by atoms with Crippen molar-refractivity contribution in [3.05, 3.63) is 57.1 Å². The molecule has 0 aliphatic carbocycles. The van der Waals surface area contributed by atoms with Gasteiger partial charge in [-0.25, -0.2) is 0 Å². The van der Waals surface area contributed by atoms with Crippen LogP contribution in [0.25, 0.3) is 0 Å². The first-order valence-electron chi connectivity index (χ1n) is 6.43. The second-order valence-corrected chi connectivity index (χ2v) is 4.89. The van der Waals surface area contributed by atoms with Gasteiger partial charge in [-0.3, -0.25) is 14.9 Å². The summed E-state index contributed by atoms with van der Waals surface area (Å²) in [5.74, 6) is 0.489. The fourth-order valence-corrected chi connectivity index (χ4v) is 2.06. The van der Waals surface area contributed by atoms with Crippen LogP contribution >= 0.6 is 11.6 Å². The maximum absolute atomic E-state index is 12.2. The topological polar surface area (TPSA) is 90.7 Å². The van der Waals surface area contributed by atoms with Gasteiger partial charge >= 0.3 is 0 Å². The largest absolute Gasteiger partial charge is 0.497 e. The average molecular weight is 337 g/mol. The van der Waals surface area contributed by atoms with Crippen molar-refractivity contribution in [3.8, 4) is 11.5 Å². The maximum Gasteiger partial charge on any atom is 0.288 e. The summed E-state index contributed by atoms with van der Waals surface area (Å²) in [4.78, 5) is 22.5. The molecule has 2 rings (SSSR count). The van der Waals surface area contributed by atoms with E-state index in [9.17, 15) is 14.9 Å². The normalized spacial score (nSPS) is 10.0. The van der Waals surface area contributed by atoms with E-state index in [4.69, 9.17) is 21.1 Å². The molecule has 0 atom stereocenters. The molecule has 0 aliphatic heterocycles. The van der Waals surface area contributed by atoms with Gasteiger partial charge in [0.2, 0.25) is 0 Å². The summed E-state index contributed by atoms with van der Waals surface area (Å²) in [5.41, 5.74) is 0.217. The zero-order chi connectivity index (χ0) is 17.0. The third-order valence-electron chi connectivity index (χ3n) is 3.01. The number of hydrogen-bond donors (Lipinski definition) is 1. The predicted octanol–water partition coefficient (Wildman–Crippen LogP) is 3.52. The van der Waals surface area contributed by atoms with Crippen molar-refractivity contribution in [3.63, 3.8) is 0 Å². The second-order valence-electron chi connectivity index (χ2n) is 4.48. The van der Waals surface area contributed by atoms with Gasteiger partial charge < -0.3 is 14.8 Å². The maximum atomic E-state index is 12.2. The highest BCUT2D eigenvalue weighted by Gasteiger charge is 2.16. The van der Waals surface area contributed by atoms with Gasteiger partial charge in [-0.1, -0.05) is 11.6 Å². The molecule has 0 aromatic heterocycles. The molecule has 0 spiro atoms. The lowest BCUT2D eigenvalue weighted by atomic mass is 10.2. The van der Waals surface area contributed by atoms with E-state index >= 15 is 0 Å². The Bertz CT molecular complexity index is 741. The Morgan fingerprint density at radius 3 is 2.26 bits per heavy atom. The van der Waals surface area contributed by atoms with Crippen LogP contribution in [0.2, 0.25) is 5.02 Å². The molecule has 0 aliphatic rings. The lowest BCUT2D eigenvalue weighted by Crippen LogP contribution is -2.12. The van der Waals surface area contributed by atoms with Gasteiger partial charge in [-0.15, -0.1) is 0 Å². The van der Waals surface area contributed by atoms with Gasteiger partial charge in [0.1, 0.15) is 16.5 Å². The summed E-state index contributed by atoms with van der Waals surface area (Å²) in [6.45, 7) is 0. The minimum absolute atomic E-state index is 0.0328. The second kappa shape index (κ2) is 6.97. The summed E-state index contributed by atoms with van der Waals surface area (Å²) >= 11 is 5.73. The number of methoxy groups -OCH3 is 2. The SMILES string of the molecule is COc1cc(NC(=O)c2ccc(Cl)c([N+](=O)[O-])c2)cc(OC)c1. The summed E-state index contributed by atoms with van der Waals surface area (Å²) in [7, 11) is 2.98. The van der Waals surface area contributed by atoms with Crippen LogP contribution in [0.15, 0.2) is 36.4 Å². The zero-order valence-corrected chi connectivity index (χ0v) is 13.1. The number of nitrogens with one attached hydrogen (secondary N) is 1. The monoisotopic (exact) mass is 336 g/mol. The van der Waals surface area contributed by atoms with Crippen LogP contribution < -0.4 is 14.8 Å². The molecule has 1 amide bonds. The molecule has 0 heterocycles. The third-order valence-corrected chi connectivity index (χ3v) is 3.33. The first-order valence-corrected chi connectivity index (χ1v) is 6.80. The standard InChI is InChI=1S/C15H13ClN2O5/c1-22-11-6-10(7-12(8-11)23-2)17-15(19)9-3-4-13(16)14(5-9)18(20)21/h3-8H,1-2H3,(H,17,19). The van der Waals surface area contributed by atoms with Crippen LogP contribution in [0.3, 0.4) is 0 Å². The number of carbonyl (C=O) groups excluding carboxylic acids is 1. The van der Waals surface area contributed by atoms with E-state index in [1.54, 1.807) is 18.2 Å². The van der Waals surface area contributed by atoms with Crippen LogP contribution in [-0.4, -0.2) is 25.1 Å². The summed E-state index contributed by atoms with van der Waals surface area (Å²) in [5, 5.41) is 13.5. The molecule has 0 radical (unpaired) electrons. The molecule has 7 nitrogen and oxygen atoms in total. The third kappa shape index (κ3) is 3.89. The molecule has 0 fully saturated rings. The van der Waals surface area contributed by atoms with Crippen molar-refractivity contribution in [2.75, 3.05) is 19.5 Å². The number of nitro benzene ring substituents is 1. The van der Waals surface area contributed by atoms with Gasteiger partial charge in [-0.2, -0.15) is 0 Å². The lowest BCUT2D eigenvalue weighted by molar-refractivity contribution is -0.384. The summed E-state index contributed by atoms with van der Waals surface area (Å²) < 4.78 is 10.2. The molecule has 23 heavy (non-hydrogen) atoms. The number of nitrogens with zero attached hydrogens (tertiary/aromatic N) is 1. The number of anilines is 1. The predicted molar refractivity (Wildman–Crippen MR) is 85.6 cm³/mol. The molecule has 1 N–H and O–H groups in total. The van der Waals surface area contributed by atoms with E-state index in [-0.39, 0.29) is 16.3 Å². The minimum atomic E-state index is -0.645. The Morgan fingerprint density at radius 1 is 1.13 bits per heavy atom. The van der Waals surface area contributed by atoms with E-state index in [2.05, 4.69) is 5.32 Å². The van der Waals surface area contributed by atoms with Crippen LogP contribution in [0.4, 0.5) is 11.4 Å². The van der Waals surface area contributed by atoms with Crippen LogP contribution in [0.1, 0.15) is 10.4 Å². The molecule has 2 aromatic rings. The Labute approximate surface area is 136 Å². The van der Waals surface area contributed by atoms with Crippen molar-refractivity contribution >= 4 is 28.9 Å². The van der Waals surface area contributed by atoms with Gasteiger partial charge in [0, 0.05) is 35.5 Å². The average Bonchev–Trinajstić information content (AvgIpc) is 2.54. The van der Waals surface area contributed by atoms with Gasteiger partial charge in [0.05, 0.1) is 19.1 Å². The highest BCUT2D eigenvalue weighted by molar-refractivity contribution is 6.32. The Kier molecular flexibility index (Phi) is 5.02. The summed E-state index contributed by atoms with van der Waals surface area (Å²) in [6, 6.07) is 8.69. The fraction of sp³-hybridized carbons (Fsp3) is 0.133. The number of benzene rings is 2. The molecule has 8 heteroatoms. The van der Waals surface area contributed by atoms with E-state index in [0.717, 1.165) is 6.07 Å². The van der Waals surface area contributed by atoms with E-state index in [1.165, 1.54) is 26.4 Å².